The van der Waals surface area contributed by atoms with Crippen molar-refractivity contribution in [2.75, 3.05) is 0 Å². The van der Waals surface area contributed by atoms with Gasteiger partial charge in [0, 0.05) is 49.4 Å². The molecule has 0 radical (unpaired) electrons. The molecule has 0 spiro atoms. The largest absolute Gasteiger partial charge is 0.456 e. The Morgan fingerprint density at radius 1 is 0.317 bits per heavy atom. The fourth-order valence-corrected chi connectivity index (χ4v) is 9.41. The lowest BCUT2D eigenvalue weighted by atomic mass is 9.92. The number of rotatable bonds is 6. The summed E-state index contributed by atoms with van der Waals surface area (Å²) in [4.78, 5) is 15.4. The molecule has 9 aromatic carbocycles. The number of hydrogen-bond donors (Lipinski definition) is 0. The second-order valence-electron chi connectivity index (χ2n) is 15.9. The highest BCUT2D eigenvalue weighted by atomic mass is 16.3. The van der Waals surface area contributed by atoms with E-state index in [2.05, 4.69) is 138 Å². The van der Waals surface area contributed by atoms with Crippen molar-refractivity contribution in [3.8, 4) is 62.1 Å². The molecule has 4 aromatic heterocycles. The average Bonchev–Trinajstić information content (AvgIpc) is 4.04. The van der Waals surface area contributed by atoms with Crippen LogP contribution in [0.3, 0.4) is 0 Å². The van der Waals surface area contributed by atoms with Crippen molar-refractivity contribution >= 4 is 65.7 Å². The molecule has 6 nitrogen and oxygen atoms in total. The van der Waals surface area contributed by atoms with E-state index in [4.69, 9.17) is 23.8 Å². The summed E-state index contributed by atoms with van der Waals surface area (Å²) in [5, 5.41) is 6.32. The van der Waals surface area contributed by atoms with Gasteiger partial charge in [0.25, 0.3) is 0 Å². The van der Waals surface area contributed by atoms with Crippen molar-refractivity contribution in [3.63, 3.8) is 0 Å². The Labute approximate surface area is 361 Å². The predicted molar refractivity (Wildman–Crippen MR) is 256 cm³/mol. The van der Waals surface area contributed by atoms with Crippen molar-refractivity contribution in [3.05, 3.63) is 206 Å². The maximum Gasteiger partial charge on any atom is 0.164 e. The first-order valence-corrected chi connectivity index (χ1v) is 21.1. The highest BCUT2D eigenvalue weighted by Gasteiger charge is 2.26. The van der Waals surface area contributed by atoms with E-state index in [-0.39, 0.29) is 0 Å². The second-order valence-corrected chi connectivity index (χ2v) is 15.9. The third-order valence-corrected chi connectivity index (χ3v) is 12.2. The Kier molecular flexibility index (Phi) is 7.80. The van der Waals surface area contributed by atoms with Gasteiger partial charge in [-0.05, 0) is 59.7 Å². The molecule has 0 bridgehead atoms. The predicted octanol–water partition coefficient (Wildman–Crippen LogP) is 15.1. The van der Waals surface area contributed by atoms with E-state index in [1.54, 1.807) is 0 Å². The quantitative estimate of drug-likeness (QED) is 0.167. The van der Waals surface area contributed by atoms with E-state index in [0.717, 1.165) is 110 Å². The number of aromatic nitrogens is 4. The number of furan rings is 2. The van der Waals surface area contributed by atoms with Crippen LogP contribution in [0.2, 0.25) is 0 Å². The van der Waals surface area contributed by atoms with Crippen LogP contribution in [0.25, 0.3) is 128 Å². The van der Waals surface area contributed by atoms with Gasteiger partial charge in [0.05, 0.1) is 27.5 Å². The Morgan fingerprint density at radius 2 is 0.794 bits per heavy atom. The number of nitrogens with zero attached hydrogens (tertiary/aromatic N) is 4. The second kappa shape index (κ2) is 14.0. The fourth-order valence-electron chi connectivity index (χ4n) is 9.41. The number of para-hydroxylation sites is 2. The standard InChI is InChI=1S/C57H34N4O2/c1-5-17-35(18-6-1)44-33-39(57-59-55(37-21-9-3-10-22-37)58-56(60-57)38-23-11-4-12-24-38)34-45(36-19-7-2-8-20-36)52(44)61-46-27-15-13-25-42(46)50-47(61)31-29-40-41-30-32-49-51(54(41)63-53(40)50)43-26-14-16-28-48(43)62-49/h1-34H. The summed E-state index contributed by atoms with van der Waals surface area (Å²) in [6.45, 7) is 0. The lowest BCUT2D eigenvalue weighted by molar-refractivity contribution is 0.664. The fraction of sp³-hybridized carbons (Fsp3) is 0. The van der Waals surface area contributed by atoms with Gasteiger partial charge < -0.3 is 13.4 Å². The summed E-state index contributed by atoms with van der Waals surface area (Å²) in [7, 11) is 0. The minimum atomic E-state index is 0.591. The van der Waals surface area contributed by atoms with E-state index in [1.165, 1.54) is 0 Å². The van der Waals surface area contributed by atoms with Gasteiger partial charge in [-0.25, -0.2) is 15.0 Å². The molecule has 0 atom stereocenters. The molecule has 0 fully saturated rings. The maximum atomic E-state index is 7.11. The van der Waals surface area contributed by atoms with Crippen molar-refractivity contribution in [2.24, 2.45) is 0 Å². The van der Waals surface area contributed by atoms with Gasteiger partial charge in [-0.3, -0.25) is 0 Å². The molecule has 0 aliphatic heterocycles. The summed E-state index contributed by atoms with van der Waals surface area (Å²) in [6.07, 6.45) is 0. The summed E-state index contributed by atoms with van der Waals surface area (Å²) >= 11 is 0. The summed E-state index contributed by atoms with van der Waals surface area (Å²) in [5.41, 5.74) is 13.4. The monoisotopic (exact) mass is 806 g/mol. The zero-order valence-electron chi connectivity index (χ0n) is 33.7. The topological polar surface area (TPSA) is 69.9 Å². The Morgan fingerprint density at radius 3 is 1.40 bits per heavy atom. The molecule has 0 saturated heterocycles. The summed E-state index contributed by atoms with van der Waals surface area (Å²) in [6, 6.07) is 71.5. The first kappa shape index (κ1) is 35.2. The van der Waals surface area contributed by atoms with Crippen molar-refractivity contribution in [1.82, 2.24) is 19.5 Å². The average molecular weight is 807 g/mol. The zero-order chi connectivity index (χ0) is 41.4. The van der Waals surface area contributed by atoms with Crippen LogP contribution in [0.4, 0.5) is 0 Å². The normalized spacial score (nSPS) is 11.8. The highest BCUT2D eigenvalue weighted by molar-refractivity contribution is 6.28. The number of fused-ring (bicyclic) bond motifs is 11. The van der Waals surface area contributed by atoms with Gasteiger partial charge in [-0.2, -0.15) is 0 Å². The first-order valence-electron chi connectivity index (χ1n) is 21.1. The van der Waals surface area contributed by atoms with Gasteiger partial charge in [-0.1, -0.05) is 158 Å². The lowest BCUT2D eigenvalue weighted by Gasteiger charge is -2.21. The first-order chi connectivity index (χ1) is 31.2. The van der Waals surface area contributed by atoms with E-state index in [1.807, 2.05) is 72.8 Å². The van der Waals surface area contributed by atoms with E-state index in [9.17, 15) is 0 Å². The molecule has 6 heteroatoms. The minimum absolute atomic E-state index is 0.591. The molecule has 0 aliphatic rings. The van der Waals surface area contributed by atoms with Crippen LogP contribution in [0.5, 0.6) is 0 Å². The zero-order valence-corrected chi connectivity index (χ0v) is 33.7. The third-order valence-electron chi connectivity index (χ3n) is 12.2. The summed E-state index contributed by atoms with van der Waals surface area (Å²) < 4.78 is 15.8. The third kappa shape index (κ3) is 5.55. The number of benzene rings is 9. The SMILES string of the molecule is c1ccc(-c2nc(-c3ccccc3)nc(-c3cc(-c4ccccc4)c(-n4c5ccccc5c5c6oc7c(ccc8oc9ccccc9c87)c6ccc54)c(-c4ccccc4)c3)n2)cc1. The van der Waals surface area contributed by atoms with Gasteiger partial charge in [0.15, 0.2) is 17.5 Å². The lowest BCUT2D eigenvalue weighted by Crippen LogP contribution is -2.04. The number of hydrogen-bond acceptors (Lipinski definition) is 5. The van der Waals surface area contributed by atoms with E-state index >= 15 is 0 Å². The molecule has 0 amide bonds. The Bertz CT molecular complexity index is 3770. The van der Waals surface area contributed by atoms with Crippen LogP contribution in [0.15, 0.2) is 215 Å². The maximum absolute atomic E-state index is 7.11. The van der Waals surface area contributed by atoms with E-state index in [0.29, 0.717) is 17.5 Å². The van der Waals surface area contributed by atoms with Gasteiger partial charge in [0.1, 0.15) is 22.3 Å². The van der Waals surface area contributed by atoms with Crippen LogP contribution in [0.1, 0.15) is 0 Å². The van der Waals surface area contributed by atoms with Crippen LogP contribution in [0, 0.1) is 0 Å². The Balaban J connectivity index is 1.14. The molecule has 13 rings (SSSR count). The van der Waals surface area contributed by atoms with Crippen LogP contribution < -0.4 is 0 Å². The molecule has 294 valence electrons. The smallest absolute Gasteiger partial charge is 0.164 e. The van der Waals surface area contributed by atoms with Crippen LogP contribution >= 0.6 is 0 Å². The molecule has 13 aromatic rings. The van der Waals surface area contributed by atoms with Gasteiger partial charge >= 0.3 is 0 Å². The van der Waals surface area contributed by atoms with Gasteiger partial charge in [0.2, 0.25) is 0 Å². The Hall–Kier alpha value is -8.61. The van der Waals surface area contributed by atoms with Crippen LogP contribution in [-0.4, -0.2) is 19.5 Å². The van der Waals surface area contributed by atoms with E-state index < -0.39 is 0 Å². The van der Waals surface area contributed by atoms with Crippen molar-refractivity contribution in [2.45, 2.75) is 0 Å². The molecule has 0 aliphatic carbocycles. The van der Waals surface area contributed by atoms with Crippen LogP contribution in [-0.2, 0) is 0 Å². The molecule has 0 unspecified atom stereocenters. The highest BCUT2D eigenvalue weighted by Crippen LogP contribution is 2.47. The molecule has 0 N–H and O–H groups in total. The molecule has 4 heterocycles. The van der Waals surface area contributed by atoms with Crippen molar-refractivity contribution in [1.29, 1.82) is 0 Å². The van der Waals surface area contributed by atoms with Gasteiger partial charge in [-0.15, -0.1) is 0 Å². The molecular weight excluding hydrogens is 773 g/mol. The molecular formula is C57H34N4O2. The van der Waals surface area contributed by atoms with Crippen molar-refractivity contribution < 1.29 is 8.83 Å². The molecule has 63 heavy (non-hydrogen) atoms. The molecule has 0 saturated carbocycles. The summed E-state index contributed by atoms with van der Waals surface area (Å²) in [5.74, 6) is 1.82. The minimum Gasteiger partial charge on any atom is -0.456 e.